The van der Waals surface area contributed by atoms with E-state index in [9.17, 15) is 4.39 Å². The van der Waals surface area contributed by atoms with Crippen molar-refractivity contribution in [2.24, 2.45) is 0 Å². The second-order valence-corrected chi connectivity index (χ2v) is 4.81. The predicted octanol–water partition coefficient (Wildman–Crippen LogP) is 4.96. The Balaban J connectivity index is 2.37. The monoisotopic (exact) mass is 362 g/mol. The molecule has 0 atom stereocenters. The van der Waals surface area contributed by atoms with E-state index in [-0.39, 0.29) is 11.7 Å². The molecule has 0 aromatic heterocycles. The summed E-state index contributed by atoms with van der Waals surface area (Å²) < 4.78 is 20.1. The summed E-state index contributed by atoms with van der Waals surface area (Å²) in [7, 11) is 0. The van der Waals surface area contributed by atoms with Gasteiger partial charge < -0.3 is 4.74 Å². The Morgan fingerprint density at radius 2 is 1.76 bits per heavy atom. The van der Waals surface area contributed by atoms with Gasteiger partial charge in [-0.25, -0.2) is 4.39 Å². The van der Waals surface area contributed by atoms with Crippen LogP contribution in [-0.4, -0.2) is 0 Å². The van der Waals surface area contributed by atoms with E-state index in [0.717, 1.165) is 3.57 Å². The van der Waals surface area contributed by atoms with Crippen molar-refractivity contribution in [3.8, 4) is 11.5 Å². The SMILES string of the molecule is Fc1cccc(Oc2ccccc2I)c1CCl. The zero-order valence-electron chi connectivity index (χ0n) is 8.79. The minimum atomic E-state index is -0.344. The average Bonchev–Trinajstić information content (AvgIpc) is 2.32. The average molecular weight is 363 g/mol. The first kappa shape index (κ1) is 12.6. The molecule has 0 spiro atoms. The fraction of sp³-hybridized carbons (Fsp3) is 0.0769. The second-order valence-electron chi connectivity index (χ2n) is 3.38. The van der Waals surface area contributed by atoms with Gasteiger partial charge in [0.15, 0.2) is 0 Å². The molecule has 2 rings (SSSR count). The van der Waals surface area contributed by atoms with Gasteiger partial charge in [0.2, 0.25) is 0 Å². The van der Waals surface area contributed by atoms with Crippen molar-refractivity contribution in [3.05, 3.63) is 57.4 Å². The van der Waals surface area contributed by atoms with Gasteiger partial charge in [0.05, 0.1) is 9.45 Å². The third kappa shape index (κ3) is 2.90. The molecule has 0 saturated carbocycles. The van der Waals surface area contributed by atoms with Crippen molar-refractivity contribution in [1.29, 1.82) is 0 Å². The van der Waals surface area contributed by atoms with Crippen LogP contribution in [0, 0.1) is 9.39 Å². The highest BCUT2D eigenvalue weighted by atomic mass is 127. The smallest absolute Gasteiger partial charge is 0.140 e. The molecule has 2 aromatic carbocycles. The molecule has 4 heteroatoms. The van der Waals surface area contributed by atoms with Crippen LogP contribution in [0.15, 0.2) is 42.5 Å². The quantitative estimate of drug-likeness (QED) is 0.554. The molecule has 0 unspecified atom stereocenters. The van der Waals surface area contributed by atoms with Crippen molar-refractivity contribution in [2.75, 3.05) is 0 Å². The Hall–Kier alpha value is -0.810. The summed E-state index contributed by atoms with van der Waals surface area (Å²) in [5.41, 5.74) is 0.383. The predicted molar refractivity (Wildman–Crippen MR) is 75.2 cm³/mol. The second kappa shape index (κ2) is 5.69. The maximum absolute atomic E-state index is 13.5. The van der Waals surface area contributed by atoms with Gasteiger partial charge in [0.25, 0.3) is 0 Å². The number of hydrogen-bond acceptors (Lipinski definition) is 1. The summed E-state index contributed by atoms with van der Waals surface area (Å²) in [6.45, 7) is 0. The molecule has 0 radical (unpaired) electrons. The van der Waals surface area contributed by atoms with Crippen molar-refractivity contribution >= 4 is 34.2 Å². The van der Waals surface area contributed by atoms with Gasteiger partial charge in [-0.05, 0) is 46.9 Å². The van der Waals surface area contributed by atoms with Crippen LogP contribution in [0.25, 0.3) is 0 Å². The zero-order valence-corrected chi connectivity index (χ0v) is 11.7. The first-order valence-corrected chi connectivity index (χ1v) is 6.59. The van der Waals surface area contributed by atoms with E-state index < -0.39 is 0 Å². The van der Waals surface area contributed by atoms with Crippen LogP contribution in [0.4, 0.5) is 4.39 Å². The van der Waals surface area contributed by atoms with Crippen LogP contribution in [-0.2, 0) is 5.88 Å². The minimum Gasteiger partial charge on any atom is -0.456 e. The molecule has 0 bridgehead atoms. The third-order valence-corrected chi connectivity index (χ3v) is 3.42. The van der Waals surface area contributed by atoms with Gasteiger partial charge >= 0.3 is 0 Å². The zero-order chi connectivity index (χ0) is 12.3. The first-order valence-electron chi connectivity index (χ1n) is 4.98. The Morgan fingerprint density at radius 1 is 1.06 bits per heavy atom. The topological polar surface area (TPSA) is 9.23 Å². The fourth-order valence-corrected chi connectivity index (χ4v) is 2.17. The maximum atomic E-state index is 13.5. The molecule has 0 aliphatic carbocycles. The highest BCUT2D eigenvalue weighted by Crippen LogP contribution is 2.30. The number of para-hydroxylation sites is 1. The molecule has 0 aliphatic rings. The molecule has 0 amide bonds. The standard InChI is InChI=1S/C13H9ClFIO/c14-8-9-10(15)4-3-7-12(9)17-13-6-2-1-5-11(13)16/h1-7H,8H2. The van der Waals surface area contributed by atoms with Crippen molar-refractivity contribution in [2.45, 2.75) is 5.88 Å². The Labute approximate surface area is 118 Å². The number of benzene rings is 2. The maximum Gasteiger partial charge on any atom is 0.140 e. The van der Waals surface area contributed by atoms with Gasteiger partial charge in [0, 0.05) is 5.56 Å². The highest BCUT2D eigenvalue weighted by molar-refractivity contribution is 14.1. The van der Waals surface area contributed by atoms with Gasteiger partial charge in [-0.3, -0.25) is 0 Å². The Bertz CT molecular complexity index is 531. The van der Waals surface area contributed by atoms with Gasteiger partial charge in [-0.2, -0.15) is 0 Å². The molecule has 17 heavy (non-hydrogen) atoms. The molecule has 88 valence electrons. The third-order valence-electron chi connectivity index (χ3n) is 2.27. The van der Waals surface area contributed by atoms with Gasteiger partial charge in [-0.15, -0.1) is 11.6 Å². The number of alkyl halides is 1. The molecule has 0 aliphatic heterocycles. The summed E-state index contributed by atoms with van der Waals surface area (Å²) in [5, 5.41) is 0. The van der Waals surface area contributed by atoms with E-state index in [4.69, 9.17) is 16.3 Å². The number of rotatable bonds is 3. The molecule has 1 nitrogen and oxygen atoms in total. The molecule has 0 saturated heterocycles. The lowest BCUT2D eigenvalue weighted by Crippen LogP contribution is -1.94. The molecule has 2 aromatic rings. The lowest BCUT2D eigenvalue weighted by molar-refractivity contribution is 0.467. The number of halogens is 3. The van der Waals surface area contributed by atoms with Gasteiger partial charge in [-0.1, -0.05) is 18.2 Å². The summed E-state index contributed by atoms with van der Waals surface area (Å²) in [6.07, 6.45) is 0. The van der Waals surface area contributed by atoms with Crippen molar-refractivity contribution in [1.82, 2.24) is 0 Å². The van der Waals surface area contributed by atoms with Crippen LogP contribution in [0.3, 0.4) is 0 Å². The van der Waals surface area contributed by atoms with Crippen LogP contribution < -0.4 is 4.74 Å². The molecule has 0 fully saturated rings. The van der Waals surface area contributed by atoms with E-state index in [1.54, 1.807) is 12.1 Å². The molecular formula is C13H9ClFIO. The largest absolute Gasteiger partial charge is 0.456 e. The number of ether oxygens (including phenoxy) is 1. The minimum absolute atomic E-state index is 0.0887. The van der Waals surface area contributed by atoms with E-state index in [1.807, 2.05) is 24.3 Å². The van der Waals surface area contributed by atoms with Crippen LogP contribution in [0.2, 0.25) is 0 Å². The summed E-state index contributed by atoms with van der Waals surface area (Å²) in [6, 6.07) is 12.3. The summed E-state index contributed by atoms with van der Waals surface area (Å²) in [5.74, 6) is 0.906. The van der Waals surface area contributed by atoms with E-state index >= 15 is 0 Å². The van der Waals surface area contributed by atoms with Crippen LogP contribution in [0.5, 0.6) is 11.5 Å². The van der Waals surface area contributed by atoms with E-state index in [0.29, 0.717) is 17.1 Å². The molecule has 0 heterocycles. The van der Waals surface area contributed by atoms with Crippen molar-refractivity contribution < 1.29 is 9.13 Å². The van der Waals surface area contributed by atoms with Gasteiger partial charge in [0.1, 0.15) is 17.3 Å². The van der Waals surface area contributed by atoms with Crippen LogP contribution in [0.1, 0.15) is 5.56 Å². The summed E-state index contributed by atoms with van der Waals surface area (Å²) >= 11 is 7.89. The Kier molecular flexibility index (Phi) is 4.23. The van der Waals surface area contributed by atoms with E-state index in [2.05, 4.69) is 22.6 Å². The lowest BCUT2D eigenvalue weighted by Gasteiger charge is -2.11. The lowest BCUT2D eigenvalue weighted by atomic mass is 10.2. The van der Waals surface area contributed by atoms with Crippen LogP contribution >= 0.6 is 34.2 Å². The normalized spacial score (nSPS) is 10.3. The summed E-state index contributed by atoms with van der Waals surface area (Å²) in [4.78, 5) is 0. The molecular weight excluding hydrogens is 353 g/mol. The first-order chi connectivity index (χ1) is 8.22. The number of hydrogen-bond donors (Lipinski definition) is 0. The van der Waals surface area contributed by atoms with Crippen molar-refractivity contribution in [3.63, 3.8) is 0 Å². The Morgan fingerprint density at radius 3 is 2.47 bits per heavy atom. The highest BCUT2D eigenvalue weighted by Gasteiger charge is 2.10. The fourth-order valence-electron chi connectivity index (χ4n) is 1.41. The van der Waals surface area contributed by atoms with E-state index in [1.165, 1.54) is 6.07 Å². The molecule has 0 N–H and O–H groups in total.